The van der Waals surface area contributed by atoms with Gasteiger partial charge in [-0.15, -0.1) is 11.3 Å². The van der Waals surface area contributed by atoms with Gasteiger partial charge in [-0.25, -0.2) is 9.98 Å². The first kappa shape index (κ1) is 19.1. The molecule has 2 aromatic rings. The van der Waals surface area contributed by atoms with Crippen LogP contribution < -0.4 is 5.32 Å². The van der Waals surface area contributed by atoms with Crippen molar-refractivity contribution in [2.45, 2.75) is 45.2 Å². The minimum Gasteiger partial charge on any atom is -0.382 e. The Labute approximate surface area is 169 Å². The number of hydrogen-bond acceptors (Lipinski definition) is 5. The molecule has 2 aliphatic rings. The average molecular weight is 399 g/mol. The van der Waals surface area contributed by atoms with E-state index in [1.165, 1.54) is 0 Å². The first-order valence-electron chi connectivity index (χ1n) is 9.77. The second-order valence-electron chi connectivity index (χ2n) is 7.86. The number of amides is 1. The van der Waals surface area contributed by atoms with Crippen molar-refractivity contribution in [2.24, 2.45) is 10.9 Å². The average Bonchev–Trinajstić information content (AvgIpc) is 3.28. The summed E-state index contributed by atoms with van der Waals surface area (Å²) in [5.74, 6) is 1.18. The van der Waals surface area contributed by atoms with Crippen molar-refractivity contribution in [1.82, 2.24) is 15.2 Å². The molecule has 4 rings (SSSR count). The van der Waals surface area contributed by atoms with Crippen LogP contribution in [0.5, 0.6) is 0 Å². The zero-order valence-electron chi connectivity index (χ0n) is 16.5. The second-order valence-corrected chi connectivity index (χ2v) is 8.75. The molecule has 28 heavy (non-hydrogen) atoms. The van der Waals surface area contributed by atoms with Crippen molar-refractivity contribution in [3.63, 3.8) is 0 Å². The van der Waals surface area contributed by atoms with E-state index in [1.807, 2.05) is 28.6 Å². The smallest absolute Gasteiger partial charge is 0.277 e. The van der Waals surface area contributed by atoms with Crippen molar-refractivity contribution < 1.29 is 9.53 Å². The summed E-state index contributed by atoms with van der Waals surface area (Å²) in [5.41, 5.74) is 4.39. The predicted octanol–water partition coefficient (Wildman–Crippen LogP) is 3.65. The van der Waals surface area contributed by atoms with E-state index in [2.05, 4.69) is 30.2 Å². The zero-order valence-corrected chi connectivity index (χ0v) is 17.3. The van der Waals surface area contributed by atoms with Gasteiger partial charge < -0.3 is 10.1 Å². The van der Waals surface area contributed by atoms with Crippen molar-refractivity contribution in [3.8, 4) is 0 Å². The number of benzene rings is 1. The molecule has 1 aliphatic carbocycles. The Morgan fingerprint density at radius 1 is 1.43 bits per heavy atom. The van der Waals surface area contributed by atoms with Crippen LogP contribution >= 0.6 is 11.3 Å². The van der Waals surface area contributed by atoms with Crippen LogP contribution in [0.25, 0.3) is 16.3 Å². The minimum absolute atomic E-state index is 0.00589. The van der Waals surface area contributed by atoms with Crippen LogP contribution in [0, 0.1) is 5.92 Å². The molecule has 0 bridgehead atoms. The largest absolute Gasteiger partial charge is 0.382 e. The molecule has 2 fully saturated rings. The van der Waals surface area contributed by atoms with Gasteiger partial charge in [0.05, 0.1) is 28.4 Å². The van der Waals surface area contributed by atoms with Gasteiger partial charge in [0.25, 0.3) is 5.91 Å². The van der Waals surface area contributed by atoms with Crippen LogP contribution in [0.4, 0.5) is 0 Å². The van der Waals surface area contributed by atoms with E-state index in [4.69, 9.17) is 9.73 Å². The van der Waals surface area contributed by atoms with Gasteiger partial charge in [-0.2, -0.15) is 0 Å². The number of nitrogens with zero attached hydrogens (tertiary/aromatic N) is 3. The third-order valence-corrected chi connectivity index (χ3v) is 5.70. The predicted molar refractivity (Wildman–Crippen MR) is 113 cm³/mol. The quantitative estimate of drug-likeness (QED) is 0.723. The van der Waals surface area contributed by atoms with E-state index in [9.17, 15) is 4.79 Å². The summed E-state index contributed by atoms with van der Waals surface area (Å²) in [5, 5.41) is 3.28. The summed E-state index contributed by atoms with van der Waals surface area (Å²) >= 11 is 1.60. The fraction of sp³-hybridized carbons (Fsp3) is 0.476. The molecule has 148 valence electrons. The molecular formula is C21H26N4O2S. The lowest BCUT2D eigenvalue weighted by Gasteiger charge is -2.19. The normalized spacial score (nSPS) is 21.3. The van der Waals surface area contributed by atoms with Gasteiger partial charge in [0, 0.05) is 13.2 Å². The lowest BCUT2D eigenvalue weighted by atomic mass is 10.1. The summed E-state index contributed by atoms with van der Waals surface area (Å²) < 4.78 is 6.47. The summed E-state index contributed by atoms with van der Waals surface area (Å²) in [4.78, 5) is 24.1. The molecule has 2 heterocycles. The third-order valence-electron chi connectivity index (χ3n) is 4.91. The number of carbonyl (C=O) groups excluding carboxylic acids is 1. The van der Waals surface area contributed by atoms with Gasteiger partial charge in [-0.05, 0) is 49.0 Å². The number of fused-ring (bicyclic) bond motifs is 1. The van der Waals surface area contributed by atoms with Crippen molar-refractivity contribution in [2.75, 3.05) is 13.7 Å². The van der Waals surface area contributed by atoms with Gasteiger partial charge in [0.1, 0.15) is 5.70 Å². The molecule has 7 heteroatoms. The highest BCUT2D eigenvalue weighted by molar-refractivity contribution is 7.16. The van der Waals surface area contributed by atoms with E-state index in [-0.39, 0.29) is 18.0 Å². The molecule has 1 saturated carbocycles. The van der Waals surface area contributed by atoms with Crippen molar-refractivity contribution in [1.29, 1.82) is 0 Å². The molecule has 0 spiro atoms. The molecule has 1 unspecified atom stereocenters. The molecule has 1 aromatic carbocycles. The Morgan fingerprint density at radius 2 is 2.25 bits per heavy atom. The molecule has 1 amide bonds. The van der Waals surface area contributed by atoms with E-state index in [0.717, 1.165) is 35.0 Å². The van der Waals surface area contributed by atoms with E-state index in [1.54, 1.807) is 18.4 Å². The maximum atomic E-state index is 13.1. The monoisotopic (exact) mass is 398 g/mol. The molecule has 6 nitrogen and oxygen atoms in total. The number of nitrogens with one attached hydrogen (secondary N) is 1. The summed E-state index contributed by atoms with van der Waals surface area (Å²) in [6, 6.07) is 6.35. The molecule has 1 saturated heterocycles. The van der Waals surface area contributed by atoms with Crippen LogP contribution in [-0.2, 0) is 9.53 Å². The first-order valence-corrected chi connectivity index (χ1v) is 10.7. The molecule has 1 aliphatic heterocycles. The van der Waals surface area contributed by atoms with Gasteiger partial charge in [-0.1, -0.05) is 19.9 Å². The van der Waals surface area contributed by atoms with Crippen molar-refractivity contribution >= 4 is 39.5 Å². The van der Waals surface area contributed by atoms with Crippen LogP contribution in [0.1, 0.15) is 38.7 Å². The summed E-state index contributed by atoms with van der Waals surface area (Å²) in [6.45, 7) is 4.91. The van der Waals surface area contributed by atoms with Crippen LogP contribution in [0.15, 0.2) is 34.4 Å². The highest BCUT2D eigenvalue weighted by Crippen LogP contribution is 2.31. The highest BCUT2D eigenvalue weighted by Gasteiger charge is 2.42. The number of guanidine groups is 1. The standard InChI is InChI=1S/C21H26N4O2S/c1-13(2)8-15(11-27-3)23-21-24-18(20(26)25(21)16-5-6-16)9-14-4-7-17-19(10-14)28-12-22-17/h4,7,9-10,12-13,15-16H,5-6,8,11H2,1-3H3,(H,23,24)/b18-9-. The fourth-order valence-corrected chi connectivity index (χ4v) is 4.24. The molecule has 1 atom stereocenters. The van der Waals surface area contributed by atoms with Gasteiger partial charge >= 0.3 is 0 Å². The van der Waals surface area contributed by atoms with Crippen LogP contribution in [0.2, 0.25) is 0 Å². The van der Waals surface area contributed by atoms with E-state index >= 15 is 0 Å². The first-order chi connectivity index (χ1) is 13.5. The van der Waals surface area contributed by atoms with Gasteiger partial charge in [0.15, 0.2) is 0 Å². The number of aromatic nitrogens is 1. The molecule has 1 N–H and O–H groups in total. The number of aliphatic imine (C=N–C) groups is 1. The van der Waals surface area contributed by atoms with Gasteiger partial charge in [-0.3, -0.25) is 9.69 Å². The number of thiazole rings is 1. The van der Waals surface area contributed by atoms with Crippen molar-refractivity contribution in [3.05, 3.63) is 35.0 Å². The molecular weight excluding hydrogens is 372 g/mol. The highest BCUT2D eigenvalue weighted by atomic mass is 32.1. The number of methoxy groups -OCH3 is 1. The zero-order chi connectivity index (χ0) is 19.7. The van der Waals surface area contributed by atoms with Crippen LogP contribution in [0.3, 0.4) is 0 Å². The lowest BCUT2D eigenvalue weighted by molar-refractivity contribution is -0.122. The Balaban J connectivity index is 1.62. The Hall–Kier alpha value is -2.25. The maximum absolute atomic E-state index is 13.1. The lowest BCUT2D eigenvalue weighted by Crippen LogP contribution is -2.36. The number of carbonyl (C=O) groups is 1. The minimum atomic E-state index is 0.00589. The Bertz CT molecular complexity index is 929. The van der Waals surface area contributed by atoms with Crippen LogP contribution in [-0.4, -0.2) is 47.6 Å². The molecule has 0 radical (unpaired) electrons. The summed E-state index contributed by atoms with van der Waals surface area (Å²) in [7, 11) is 1.69. The van der Waals surface area contributed by atoms with E-state index in [0.29, 0.717) is 24.2 Å². The number of rotatable bonds is 7. The molecule has 1 aromatic heterocycles. The maximum Gasteiger partial charge on any atom is 0.277 e. The second kappa shape index (κ2) is 8.01. The SMILES string of the molecule is COCC(CC(C)C)N=C1N/C(=C\c2ccc3ncsc3c2)C(=O)N1C1CC1. The number of ether oxygens (including phenoxy) is 1. The number of hydrogen-bond donors (Lipinski definition) is 1. The fourth-order valence-electron chi connectivity index (χ4n) is 3.52. The Morgan fingerprint density at radius 3 is 2.96 bits per heavy atom. The third kappa shape index (κ3) is 4.10. The van der Waals surface area contributed by atoms with Gasteiger partial charge in [0.2, 0.25) is 5.96 Å². The Kier molecular flexibility index (Phi) is 5.46. The van der Waals surface area contributed by atoms with E-state index < -0.39 is 0 Å². The summed E-state index contributed by atoms with van der Waals surface area (Å²) in [6.07, 6.45) is 4.90. The topological polar surface area (TPSA) is 66.8 Å².